The normalized spacial score (nSPS) is 10.9. The summed E-state index contributed by atoms with van der Waals surface area (Å²) >= 11 is 0. The van der Waals surface area contributed by atoms with Crippen LogP contribution in [-0.4, -0.2) is 16.7 Å². The van der Waals surface area contributed by atoms with E-state index in [9.17, 15) is 19.7 Å². The number of carbonyl (C=O) groups excluding carboxylic acids is 2. The third-order valence-electron chi connectivity index (χ3n) is 4.40. The number of hydrogen-bond donors (Lipinski definition) is 2. The number of benzene rings is 3. The molecule has 0 aliphatic carbocycles. The van der Waals surface area contributed by atoms with Crippen molar-refractivity contribution in [1.82, 2.24) is 5.32 Å². The molecule has 0 bridgehead atoms. The average Bonchev–Trinajstić information content (AvgIpc) is 2.73. The maximum Gasteiger partial charge on any atom is 0.270 e. The van der Waals surface area contributed by atoms with Gasteiger partial charge in [0.15, 0.2) is 5.54 Å². The summed E-state index contributed by atoms with van der Waals surface area (Å²) in [5.74, 6) is -1.43. The summed E-state index contributed by atoms with van der Waals surface area (Å²) in [6, 6.07) is 22.5. The maximum absolute atomic E-state index is 12.9. The summed E-state index contributed by atoms with van der Waals surface area (Å²) < 4.78 is 0. The van der Waals surface area contributed by atoms with Crippen LogP contribution in [0.1, 0.15) is 21.5 Å². The Morgan fingerprint density at radius 2 is 1.39 bits per heavy atom. The van der Waals surface area contributed by atoms with E-state index in [-0.39, 0.29) is 11.3 Å². The zero-order chi connectivity index (χ0) is 20.1. The summed E-state index contributed by atoms with van der Waals surface area (Å²) in [4.78, 5) is 36.0. The number of rotatable bonds is 6. The summed E-state index contributed by atoms with van der Waals surface area (Å²) in [5.41, 5.74) is 4.92. The number of nitrogens with two attached hydrogens (primary N) is 1. The fraction of sp³-hybridized carbons (Fsp3) is 0.0476. The number of primary amides is 1. The lowest BCUT2D eigenvalue weighted by molar-refractivity contribution is -0.384. The third kappa shape index (κ3) is 3.45. The van der Waals surface area contributed by atoms with Crippen LogP contribution in [0, 0.1) is 10.1 Å². The lowest BCUT2D eigenvalue weighted by Crippen LogP contribution is -2.55. The van der Waals surface area contributed by atoms with E-state index in [2.05, 4.69) is 5.32 Å². The summed E-state index contributed by atoms with van der Waals surface area (Å²) in [5, 5.41) is 13.7. The molecular formula is C21H17N3O4. The highest BCUT2D eigenvalue weighted by atomic mass is 16.6. The number of nitro benzene ring substituents is 1. The minimum Gasteiger partial charge on any atom is -0.367 e. The van der Waals surface area contributed by atoms with Gasteiger partial charge in [-0.25, -0.2) is 0 Å². The molecule has 3 aromatic rings. The van der Waals surface area contributed by atoms with Gasteiger partial charge in [-0.1, -0.05) is 66.7 Å². The molecule has 3 rings (SSSR count). The highest BCUT2D eigenvalue weighted by molar-refractivity contribution is 6.01. The second-order valence-electron chi connectivity index (χ2n) is 6.11. The summed E-state index contributed by atoms with van der Waals surface area (Å²) in [6.07, 6.45) is 0. The van der Waals surface area contributed by atoms with Crippen molar-refractivity contribution < 1.29 is 14.5 Å². The minimum atomic E-state index is -1.63. The van der Waals surface area contributed by atoms with Gasteiger partial charge < -0.3 is 11.1 Å². The average molecular weight is 375 g/mol. The van der Waals surface area contributed by atoms with Gasteiger partial charge in [0, 0.05) is 17.7 Å². The third-order valence-corrected chi connectivity index (χ3v) is 4.40. The second kappa shape index (κ2) is 7.71. The number of nitro groups is 1. The molecule has 28 heavy (non-hydrogen) atoms. The molecule has 0 fully saturated rings. The number of nitrogens with zero attached hydrogens (tertiary/aromatic N) is 1. The highest BCUT2D eigenvalue weighted by Gasteiger charge is 2.42. The van der Waals surface area contributed by atoms with E-state index in [1.807, 2.05) is 0 Å². The van der Waals surface area contributed by atoms with Crippen molar-refractivity contribution in [2.75, 3.05) is 0 Å². The van der Waals surface area contributed by atoms with Crippen molar-refractivity contribution in [1.29, 1.82) is 0 Å². The van der Waals surface area contributed by atoms with Crippen LogP contribution in [-0.2, 0) is 10.3 Å². The predicted octanol–water partition coefficient (Wildman–Crippen LogP) is 2.75. The first kappa shape index (κ1) is 18.8. The van der Waals surface area contributed by atoms with E-state index in [0.29, 0.717) is 11.1 Å². The standard InChI is InChI=1S/C21H17N3O4/c22-20(26)21(16-9-3-1-4-10-16,17-11-5-2-6-12-17)23-19(25)15-8-7-13-18(14-15)24(27)28/h1-14H,(H2,22,26)(H,23,25). The SMILES string of the molecule is NC(=O)C(NC(=O)c1cccc([N+](=O)[O-])c1)(c1ccccc1)c1ccccc1. The van der Waals surface area contributed by atoms with Crippen LogP contribution in [0.5, 0.6) is 0 Å². The van der Waals surface area contributed by atoms with Gasteiger partial charge in [0.2, 0.25) is 0 Å². The quantitative estimate of drug-likeness (QED) is 0.509. The number of non-ortho nitro benzene ring substituents is 1. The van der Waals surface area contributed by atoms with Gasteiger partial charge in [0.05, 0.1) is 4.92 Å². The molecule has 0 saturated carbocycles. The van der Waals surface area contributed by atoms with Crippen LogP contribution in [0.25, 0.3) is 0 Å². The monoisotopic (exact) mass is 375 g/mol. The minimum absolute atomic E-state index is 0.0479. The van der Waals surface area contributed by atoms with Gasteiger partial charge >= 0.3 is 0 Å². The lowest BCUT2D eigenvalue weighted by Gasteiger charge is -2.33. The predicted molar refractivity (Wildman–Crippen MR) is 103 cm³/mol. The van der Waals surface area contributed by atoms with Crippen molar-refractivity contribution in [2.45, 2.75) is 5.54 Å². The van der Waals surface area contributed by atoms with Crippen LogP contribution in [0.2, 0.25) is 0 Å². The van der Waals surface area contributed by atoms with Crippen LogP contribution < -0.4 is 11.1 Å². The molecule has 0 saturated heterocycles. The zero-order valence-electron chi connectivity index (χ0n) is 14.7. The van der Waals surface area contributed by atoms with Crippen LogP contribution in [0.3, 0.4) is 0 Å². The van der Waals surface area contributed by atoms with E-state index in [1.165, 1.54) is 18.2 Å². The van der Waals surface area contributed by atoms with Crippen molar-refractivity contribution in [3.8, 4) is 0 Å². The topological polar surface area (TPSA) is 115 Å². The molecule has 0 heterocycles. The van der Waals surface area contributed by atoms with Crippen molar-refractivity contribution in [3.63, 3.8) is 0 Å². The Kier molecular flexibility index (Phi) is 5.17. The van der Waals surface area contributed by atoms with Crippen molar-refractivity contribution >= 4 is 17.5 Å². The summed E-state index contributed by atoms with van der Waals surface area (Å²) in [7, 11) is 0. The first-order valence-corrected chi connectivity index (χ1v) is 8.43. The van der Waals surface area contributed by atoms with E-state index >= 15 is 0 Å². The first-order valence-electron chi connectivity index (χ1n) is 8.43. The van der Waals surface area contributed by atoms with Gasteiger partial charge in [0.25, 0.3) is 17.5 Å². The second-order valence-corrected chi connectivity index (χ2v) is 6.11. The Labute approximate surface area is 161 Å². The summed E-state index contributed by atoms with van der Waals surface area (Å²) in [6.45, 7) is 0. The van der Waals surface area contributed by atoms with Crippen molar-refractivity contribution in [2.24, 2.45) is 5.73 Å². The van der Waals surface area contributed by atoms with E-state index in [1.54, 1.807) is 60.7 Å². The molecular weight excluding hydrogens is 358 g/mol. The zero-order valence-corrected chi connectivity index (χ0v) is 14.7. The van der Waals surface area contributed by atoms with Crippen LogP contribution >= 0.6 is 0 Å². The molecule has 0 unspecified atom stereocenters. The Morgan fingerprint density at radius 1 is 0.857 bits per heavy atom. The van der Waals surface area contributed by atoms with E-state index < -0.39 is 22.3 Å². The first-order chi connectivity index (χ1) is 13.4. The number of nitrogens with one attached hydrogen (secondary N) is 1. The molecule has 140 valence electrons. The van der Waals surface area contributed by atoms with Gasteiger partial charge in [-0.15, -0.1) is 0 Å². The van der Waals surface area contributed by atoms with Gasteiger partial charge in [0.1, 0.15) is 0 Å². The molecule has 0 aliphatic rings. The molecule has 7 nitrogen and oxygen atoms in total. The Morgan fingerprint density at radius 3 is 1.86 bits per heavy atom. The van der Waals surface area contributed by atoms with Crippen molar-refractivity contribution in [3.05, 3.63) is 112 Å². The molecule has 2 amide bonds. The number of carbonyl (C=O) groups is 2. The van der Waals surface area contributed by atoms with Gasteiger partial charge in [-0.2, -0.15) is 0 Å². The number of amides is 2. The fourth-order valence-electron chi connectivity index (χ4n) is 3.04. The highest BCUT2D eigenvalue weighted by Crippen LogP contribution is 2.30. The van der Waals surface area contributed by atoms with Crippen LogP contribution in [0.15, 0.2) is 84.9 Å². The smallest absolute Gasteiger partial charge is 0.270 e. The Balaban J connectivity index is 2.12. The largest absolute Gasteiger partial charge is 0.367 e. The molecule has 0 spiro atoms. The van der Waals surface area contributed by atoms with Gasteiger partial charge in [-0.05, 0) is 17.2 Å². The lowest BCUT2D eigenvalue weighted by atomic mass is 9.81. The molecule has 0 aromatic heterocycles. The maximum atomic E-state index is 12.9. The number of hydrogen-bond acceptors (Lipinski definition) is 4. The Hall–Kier alpha value is -4.00. The fourth-order valence-corrected chi connectivity index (χ4v) is 3.04. The molecule has 7 heteroatoms. The molecule has 0 aliphatic heterocycles. The Bertz CT molecular complexity index is 981. The molecule has 0 atom stereocenters. The molecule has 3 N–H and O–H groups in total. The van der Waals surface area contributed by atoms with Gasteiger partial charge in [-0.3, -0.25) is 19.7 Å². The molecule has 0 radical (unpaired) electrons. The van der Waals surface area contributed by atoms with E-state index in [0.717, 1.165) is 6.07 Å². The van der Waals surface area contributed by atoms with Crippen LogP contribution in [0.4, 0.5) is 5.69 Å². The molecule has 3 aromatic carbocycles. The van der Waals surface area contributed by atoms with E-state index in [4.69, 9.17) is 5.73 Å².